The van der Waals surface area contributed by atoms with E-state index < -0.39 is 17.6 Å². The second-order valence-corrected chi connectivity index (χ2v) is 6.95. The molecule has 0 unspecified atom stereocenters. The molecule has 2 N–H and O–H groups in total. The molecule has 0 fully saturated rings. The van der Waals surface area contributed by atoms with Crippen molar-refractivity contribution in [2.75, 3.05) is 0 Å². The van der Waals surface area contributed by atoms with Crippen LogP contribution in [-0.2, 0) is 19.1 Å². The van der Waals surface area contributed by atoms with E-state index in [1.807, 2.05) is 0 Å². The third-order valence-electron chi connectivity index (χ3n) is 4.46. The predicted molar refractivity (Wildman–Crippen MR) is 107 cm³/mol. The molecule has 30 heavy (non-hydrogen) atoms. The van der Waals surface area contributed by atoms with Gasteiger partial charge in [-0.15, -0.1) is 0 Å². The number of halogens is 5. The highest BCUT2D eigenvalue weighted by molar-refractivity contribution is 6.31. The second-order valence-electron chi connectivity index (χ2n) is 6.55. The van der Waals surface area contributed by atoms with Gasteiger partial charge in [-0.25, -0.2) is 4.39 Å². The van der Waals surface area contributed by atoms with Crippen LogP contribution in [0.15, 0.2) is 59.6 Å². The summed E-state index contributed by atoms with van der Waals surface area (Å²) in [5.74, 6) is -1.14. The average molecular weight is 438 g/mol. The summed E-state index contributed by atoms with van der Waals surface area (Å²) >= 11 is 6.01. The molecule has 0 bridgehead atoms. The molecule has 0 atom stereocenters. The molecule has 0 amide bonds. The van der Waals surface area contributed by atoms with Gasteiger partial charge in [0.2, 0.25) is 0 Å². The number of alkyl halides is 3. The van der Waals surface area contributed by atoms with E-state index in [-0.39, 0.29) is 46.2 Å². The van der Waals surface area contributed by atoms with E-state index in [1.54, 1.807) is 0 Å². The number of phenolic OH excluding ortho intramolecular Hbond substituents is 2. The first-order valence-electron chi connectivity index (χ1n) is 8.79. The first kappa shape index (κ1) is 21.6. The molecule has 3 aromatic rings. The van der Waals surface area contributed by atoms with Crippen molar-refractivity contribution in [1.29, 1.82) is 0 Å². The molecule has 0 saturated heterocycles. The van der Waals surface area contributed by atoms with Gasteiger partial charge in [0, 0.05) is 34.3 Å². The van der Waals surface area contributed by atoms with Crippen LogP contribution in [0.3, 0.4) is 0 Å². The summed E-state index contributed by atoms with van der Waals surface area (Å²) in [5, 5.41) is 20.7. The number of hydrogen-bond donors (Lipinski definition) is 2. The summed E-state index contributed by atoms with van der Waals surface area (Å²) in [6.45, 7) is -0.0429. The smallest absolute Gasteiger partial charge is 0.416 e. The fraction of sp³-hybridized carbons (Fsp3) is 0.136. The third kappa shape index (κ3) is 4.91. The topological polar surface area (TPSA) is 52.8 Å². The minimum atomic E-state index is -4.45. The minimum Gasteiger partial charge on any atom is -0.508 e. The fourth-order valence-corrected chi connectivity index (χ4v) is 3.13. The Morgan fingerprint density at radius 1 is 0.967 bits per heavy atom. The van der Waals surface area contributed by atoms with Crippen molar-refractivity contribution in [3.8, 4) is 11.5 Å². The zero-order valence-corrected chi connectivity index (χ0v) is 16.2. The minimum absolute atomic E-state index is 0.0429. The van der Waals surface area contributed by atoms with Gasteiger partial charge in [0.25, 0.3) is 0 Å². The first-order valence-corrected chi connectivity index (χ1v) is 9.17. The number of nitrogens with zero attached hydrogens (tertiary/aromatic N) is 1. The Hall–Kier alpha value is -3.06. The van der Waals surface area contributed by atoms with E-state index in [0.717, 1.165) is 12.1 Å². The molecule has 3 aromatic carbocycles. The molecule has 156 valence electrons. The van der Waals surface area contributed by atoms with Gasteiger partial charge in [-0.05, 0) is 42.0 Å². The van der Waals surface area contributed by atoms with Crippen molar-refractivity contribution in [1.82, 2.24) is 0 Å². The maximum Gasteiger partial charge on any atom is 0.416 e. The van der Waals surface area contributed by atoms with E-state index in [0.29, 0.717) is 5.56 Å². The molecule has 0 heterocycles. The molecule has 0 aromatic heterocycles. The molecular weight excluding hydrogens is 422 g/mol. The Bertz CT molecular complexity index is 1080. The van der Waals surface area contributed by atoms with Crippen molar-refractivity contribution >= 4 is 17.8 Å². The molecule has 8 heteroatoms. The van der Waals surface area contributed by atoms with Crippen LogP contribution >= 0.6 is 11.6 Å². The summed E-state index contributed by atoms with van der Waals surface area (Å²) in [4.78, 5) is 4.07. The summed E-state index contributed by atoms with van der Waals surface area (Å²) in [7, 11) is 0. The molecule has 0 spiro atoms. The summed E-state index contributed by atoms with van der Waals surface area (Å²) in [5.41, 5.74) is -0.0282. The van der Waals surface area contributed by atoms with Crippen LogP contribution in [0, 0.1) is 5.82 Å². The Labute approximate surface area is 174 Å². The van der Waals surface area contributed by atoms with Gasteiger partial charge in [0.1, 0.15) is 17.3 Å². The summed E-state index contributed by atoms with van der Waals surface area (Å²) in [6, 6.07) is 11.6. The van der Waals surface area contributed by atoms with Crippen LogP contribution in [0.1, 0.15) is 27.8 Å². The monoisotopic (exact) mass is 437 g/mol. The number of benzene rings is 3. The first-order chi connectivity index (χ1) is 14.2. The van der Waals surface area contributed by atoms with E-state index in [2.05, 4.69) is 4.99 Å². The zero-order valence-electron chi connectivity index (χ0n) is 15.4. The number of phenols is 2. The Balaban J connectivity index is 1.83. The van der Waals surface area contributed by atoms with Crippen LogP contribution in [0.5, 0.6) is 11.5 Å². The maximum absolute atomic E-state index is 14.1. The zero-order chi connectivity index (χ0) is 21.9. The Morgan fingerprint density at radius 3 is 2.40 bits per heavy atom. The average Bonchev–Trinajstić information content (AvgIpc) is 2.68. The molecule has 0 saturated carbocycles. The van der Waals surface area contributed by atoms with Gasteiger partial charge in [-0.3, -0.25) is 4.99 Å². The Kier molecular flexibility index (Phi) is 6.31. The highest BCUT2D eigenvalue weighted by Gasteiger charge is 2.30. The highest BCUT2D eigenvalue weighted by atomic mass is 35.5. The van der Waals surface area contributed by atoms with Crippen LogP contribution in [0.4, 0.5) is 17.6 Å². The van der Waals surface area contributed by atoms with E-state index in [9.17, 15) is 27.8 Å². The maximum atomic E-state index is 14.1. The quantitative estimate of drug-likeness (QED) is 0.373. The van der Waals surface area contributed by atoms with Crippen molar-refractivity contribution < 1.29 is 27.8 Å². The lowest BCUT2D eigenvalue weighted by Crippen LogP contribution is -2.05. The summed E-state index contributed by atoms with van der Waals surface area (Å²) < 4.78 is 52.4. The number of aromatic hydroxyl groups is 2. The lowest BCUT2D eigenvalue weighted by atomic mass is 10.00. The van der Waals surface area contributed by atoms with E-state index >= 15 is 0 Å². The lowest BCUT2D eigenvalue weighted by Gasteiger charge is -2.11. The second kappa shape index (κ2) is 8.75. The molecule has 3 rings (SSSR count). The van der Waals surface area contributed by atoms with Crippen molar-refractivity contribution in [2.45, 2.75) is 19.1 Å². The normalized spacial score (nSPS) is 11.9. The van der Waals surface area contributed by atoms with E-state index in [4.69, 9.17) is 11.6 Å². The largest absolute Gasteiger partial charge is 0.508 e. The van der Waals surface area contributed by atoms with Crippen LogP contribution in [0.25, 0.3) is 0 Å². The molecule has 3 nitrogen and oxygen atoms in total. The van der Waals surface area contributed by atoms with Crippen LogP contribution in [0.2, 0.25) is 5.02 Å². The van der Waals surface area contributed by atoms with Crippen LogP contribution < -0.4 is 0 Å². The molecule has 0 aliphatic rings. The molecule has 0 radical (unpaired) electrons. The van der Waals surface area contributed by atoms with Gasteiger partial charge in [0.15, 0.2) is 0 Å². The van der Waals surface area contributed by atoms with Gasteiger partial charge < -0.3 is 10.2 Å². The Morgan fingerprint density at radius 2 is 1.70 bits per heavy atom. The predicted octanol–water partition coefficient (Wildman–Crippen LogP) is 6.12. The molecular formula is C22H16ClF4NO2. The lowest BCUT2D eigenvalue weighted by molar-refractivity contribution is -0.137. The number of rotatable bonds is 5. The highest BCUT2D eigenvalue weighted by Crippen LogP contribution is 2.34. The molecule has 0 aliphatic heterocycles. The third-order valence-corrected chi connectivity index (χ3v) is 4.82. The van der Waals surface area contributed by atoms with Crippen molar-refractivity contribution in [3.05, 3.63) is 93.3 Å². The van der Waals surface area contributed by atoms with E-state index in [1.165, 1.54) is 48.7 Å². The standard InChI is InChI=1S/C22H16ClF4NO2/c23-18-5-2-6-19(24)16(18)10-17-20(29)8-7-14(21(17)30)12-28-11-13-3-1-4-15(9-13)22(25,26)27/h1-9,12,29-30H,10-11H2. The number of hydrogen-bond acceptors (Lipinski definition) is 3. The van der Waals surface area contributed by atoms with Crippen molar-refractivity contribution in [2.24, 2.45) is 4.99 Å². The molecule has 0 aliphatic carbocycles. The van der Waals surface area contributed by atoms with Gasteiger partial charge in [0.05, 0.1) is 12.1 Å². The van der Waals surface area contributed by atoms with Gasteiger partial charge in [-0.1, -0.05) is 29.8 Å². The summed E-state index contributed by atoms with van der Waals surface area (Å²) in [6.07, 6.45) is -3.32. The van der Waals surface area contributed by atoms with Gasteiger partial charge in [-0.2, -0.15) is 13.2 Å². The number of aliphatic imine (C=N–C) groups is 1. The fourth-order valence-electron chi connectivity index (χ4n) is 2.90. The van der Waals surface area contributed by atoms with Crippen LogP contribution in [-0.4, -0.2) is 16.4 Å². The SMILES string of the molecule is Oc1ccc(C=NCc2cccc(C(F)(F)F)c2)c(O)c1Cc1c(F)cccc1Cl. The van der Waals surface area contributed by atoms with Crippen molar-refractivity contribution in [3.63, 3.8) is 0 Å². The van der Waals surface area contributed by atoms with Gasteiger partial charge >= 0.3 is 6.18 Å².